The number of rotatable bonds is 3. The van der Waals surface area contributed by atoms with E-state index in [0.29, 0.717) is 6.54 Å². The van der Waals surface area contributed by atoms with Crippen LogP contribution < -0.4 is 0 Å². The van der Waals surface area contributed by atoms with Gasteiger partial charge in [0.2, 0.25) is 0 Å². The zero-order valence-electron chi connectivity index (χ0n) is 11.3. The zero-order valence-corrected chi connectivity index (χ0v) is 11.3. The molecule has 19 heavy (non-hydrogen) atoms. The van der Waals surface area contributed by atoms with Gasteiger partial charge in [0.15, 0.2) is 0 Å². The van der Waals surface area contributed by atoms with Crippen LogP contribution in [0.4, 0.5) is 0 Å². The molecule has 1 saturated carbocycles. The molecule has 2 aromatic rings. The van der Waals surface area contributed by atoms with Crippen molar-refractivity contribution in [2.24, 2.45) is 0 Å². The Morgan fingerprint density at radius 3 is 2.89 bits per heavy atom. The maximum atomic E-state index is 11.9. The minimum atomic E-state index is -0.120. The molecular weight excluding hydrogens is 238 g/mol. The Balaban J connectivity index is 1.72. The highest BCUT2D eigenvalue weighted by Gasteiger charge is 2.19. The number of aromatic nitrogens is 1. The number of hydrogen-bond acceptors (Lipinski definition) is 2. The summed E-state index contributed by atoms with van der Waals surface area (Å²) in [6.45, 7) is 2.38. The van der Waals surface area contributed by atoms with Crippen molar-refractivity contribution >= 4 is 16.9 Å². The highest BCUT2D eigenvalue weighted by atomic mass is 16.5. The standard InChI is InChI=1S/C16H19NO2/c1-12-6-7-15-13(10-12)8-9-17(15)11-16(18)19-14-4-2-3-5-14/h6-10,14H,2-5,11H2,1H3. The first-order chi connectivity index (χ1) is 9.22. The molecule has 1 aliphatic rings. The van der Waals surface area contributed by atoms with Gasteiger partial charge in [0.1, 0.15) is 12.6 Å². The predicted octanol–water partition coefficient (Wildman–Crippen LogP) is 3.44. The fourth-order valence-corrected chi connectivity index (χ4v) is 2.83. The number of carbonyl (C=O) groups excluding carboxylic acids is 1. The fraction of sp³-hybridized carbons (Fsp3) is 0.438. The van der Waals surface area contributed by atoms with Crippen LogP contribution in [0.25, 0.3) is 10.9 Å². The molecular formula is C16H19NO2. The van der Waals surface area contributed by atoms with E-state index in [0.717, 1.165) is 18.4 Å². The number of aryl methyl sites for hydroxylation is 1. The van der Waals surface area contributed by atoms with Crippen LogP contribution in [0.5, 0.6) is 0 Å². The largest absolute Gasteiger partial charge is 0.461 e. The van der Waals surface area contributed by atoms with Gasteiger partial charge in [0.05, 0.1) is 0 Å². The molecule has 1 aliphatic carbocycles. The normalized spacial score (nSPS) is 16.1. The maximum Gasteiger partial charge on any atom is 0.326 e. The van der Waals surface area contributed by atoms with Crippen LogP contribution in [0, 0.1) is 6.92 Å². The van der Waals surface area contributed by atoms with E-state index >= 15 is 0 Å². The first kappa shape index (κ1) is 12.3. The van der Waals surface area contributed by atoms with Gasteiger partial charge in [-0.25, -0.2) is 0 Å². The Labute approximate surface area is 113 Å². The average Bonchev–Trinajstić information content (AvgIpc) is 2.99. The number of carbonyl (C=O) groups is 1. The number of ether oxygens (including phenoxy) is 1. The molecule has 1 heterocycles. The van der Waals surface area contributed by atoms with Crippen LogP contribution in [0.15, 0.2) is 30.5 Å². The third-order valence-electron chi connectivity index (χ3n) is 3.83. The van der Waals surface area contributed by atoms with Crippen LogP contribution in [0.3, 0.4) is 0 Å². The molecule has 1 aromatic carbocycles. The van der Waals surface area contributed by atoms with E-state index in [-0.39, 0.29) is 12.1 Å². The van der Waals surface area contributed by atoms with Gasteiger partial charge in [0, 0.05) is 11.7 Å². The van der Waals surface area contributed by atoms with Crippen molar-refractivity contribution in [1.29, 1.82) is 0 Å². The van der Waals surface area contributed by atoms with Gasteiger partial charge in [0.25, 0.3) is 0 Å². The SMILES string of the molecule is Cc1ccc2c(ccn2CC(=O)OC2CCCC2)c1. The molecule has 3 rings (SSSR count). The number of esters is 1. The molecule has 1 aromatic heterocycles. The summed E-state index contributed by atoms with van der Waals surface area (Å²) in [4.78, 5) is 11.9. The van der Waals surface area contributed by atoms with Crippen molar-refractivity contribution < 1.29 is 9.53 Å². The van der Waals surface area contributed by atoms with Gasteiger partial charge in [-0.3, -0.25) is 4.79 Å². The molecule has 0 spiro atoms. The average molecular weight is 257 g/mol. The number of fused-ring (bicyclic) bond motifs is 1. The van der Waals surface area contributed by atoms with Gasteiger partial charge in [-0.1, -0.05) is 11.6 Å². The van der Waals surface area contributed by atoms with E-state index < -0.39 is 0 Å². The number of hydrogen-bond donors (Lipinski definition) is 0. The lowest BCUT2D eigenvalue weighted by Gasteiger charge is -2.12. The molecule has 3 heteroatoms. The van der Waals surface area contributed by atoms with Gasteiger partial charge in [-0.05, 0) is 56.2 Å². The summed E-state index contributed by atoms with van der Waals surface area (Å²) in [6, 6.07) is 8.31. The summed E-state index contributed by atoms with van der Waals surface area (Å²) in [5.74, 6) is -0.120. The third-order valence-corrected chi connectivity index (χ3v) is 3.83. The second kappa shape index (κ2) is 5.08. The summed E-state index contributed by atoms with van der Waals surface area (Å²) in [5.41, 5.74) is 2.33. The summed E-state index contributed by atoms with van der Waals surface area (Å²) in [5, 5.41) is 1.17. The van der Waals surface area contributed by atoms with Crippen LogP contribution in [0.2, 0.25) is 0 Å². The Kier molecular flexibility index (Phi) is 3.28. The van der Waals surface area contributed by atoms with E-state index in [1.807, 2.05) is 16.8 Å². The summed E-state index contributed by atoms with van der Waals surface area (Å²) >= 11 is 0. The molecule has 0 bridgehead atoms. The maximum absolute atomic E-state index is 11.9. The minimum absolute atomic E-state index is 0.120. The molecule has 0 amide bonds. The smallest absolute Gasteiger partial charge is 0.326 e. The minimum Gasteiger partial charge on any atom is -0.461 e. The predicted molar refractivity (Wildman–Crippen MR) is 75.0 cm³/mol. The fourth-order valence-electron chi connectivity index (χ4n) is 2.83. The number of benzene rings is 1. The molecule has 3 nitrogen and oxygen atoms in total. The zero-order chi connectivity index (χ0) is 13.2. The van der Waals surface area contributed by atoms with E-state index in [1.54, 1.807) is 0 Å². The van der Waals surface area contributed by atoms with Crippen LogP contribution in [-0.4, -0.2) is 16.6 Å². The Bertz CT molecular complexity index is 594. The molecule has 0 unspecified atom stereocenters. The van der Waals surface area contributed by atoms with Crippen LogP contribution >= 0.6 is 0 Å². The Hall–Kier alpha value is -1.77. The monoisotopic (exact) mass is 257 g/mol. The van der Waals surface area contributed by atoms with Gasteiger partial charge < -0.3 is 9.30 Å². The third kappa shape index (κ3) is 2.65. The molecule has 0 aliphatic heterocycles. The van der Waals surface area contributed by atoms with Gasteiger partial charge in [-0.2, -0.15) is 0 Å². The van der Waals surface area contributed by atoms with E-state index in [4.69, 9.17) is 4.74 Å². The topological polar surface area (TPSA) is 31.2 Å². The van der Waals surface area contributed by atoms with E-state index in [1.165, 1.54) is 23.8 Å². The molecule has 1 fully saturated rings. The molecule has 100 valence electrons. The second-order valence-corrected chi connectivity index (χ2v) is 5.40. The quantitative estimate of drug-likeness (QED) is 0.789. The summed E-state index contributed by atoms with van der Waals surface area (Å²) < 4.78 is 7.46. The lowest BCUT2D eigenvalue weighted by molar-refractivity contribution is -0.149. The molecule has 0 atom stereocenters. The molecule has 0 N–H and O–H groups in total. The first-order valence-corrected chi connectivity index (χ1v) is 6.97. The highest BCUT2D eigenvalue weighted by Crippen LogP contribution is 2.22. The van der Waals surface area contributed by atoms with E-state index in [2.05, 4.69) is 25.1 Å². The lowest BCUT2D eigenvalue weighted by atomic mass is 10.2. The number of nitrogens with zero attached hydrogens (tertiary/aromatic N) is 1. The van der Waals surface area contributed by atoms with Gasteiger partial charge >= 0.3 is 5.97 Å². The van der Waals surface area contributed by atoms with Crippen molar-refractivity contribution in [2.75, 3.05) is 0 Å². The van der Waals surface area contributed by atoms with Crippen molar-refractivity contribution in [3.8, 4) is 0 Å². The van der Waals surface area contributed by atoms with Gasteiger partial charge in [-0.15, -0.1) is 0 Å². The lowest BCUT2D eigenvalue weighted by Crippen LogP contribution is -2.19. The Morgan fingerprint density at radius 2 is 2.11 bits per heavy atom. The van der Waals surface area contributed by atoms with Crippen LogP contribution in [-0.2, 0) is 16.1 Å². The molecule has 0 saturated heterocycles. The van der Waals surface area contributed by atoms with Crippen LogP contribution in [0.1, 0.15) is 31.2 Å². The van der Waals surface area contributed by atoms with Crippen molar-refractivity contribution in [2.45, 2.75) is 45.3 Å². The van der Waals surface area contributed by atoms with E-state index in [9.17, 15) is 4.79 Å². The summed E-state index contributed by atoms with van der Waals surface area (Å²) in [7, 11) is 0. The molecule has 0 radical (unpaired) electrons. The van der Waals surface area contributed by atoms with Crippen molar-refractivity contribution in [3.63, 3.8) is 0 Å². The van der Waals surface area contributed by atoms with Crippen molar-refractivity contribution in [3.05, 3.63) is 36.0 Å². The van der Waals surface area contributed by atoms with Crippen molar-refractivity contribution in [1.82, 2.24) is 4.57 Å². The summed E-state index contributed by atoms with van der Waals surface area (Å²) in [6.07, 6.45) is 6.53. The second-order valence-electron chi connectivity index (χ2n) is 5.40. The Morgan fingerprint density at radius 1 is 1.32 bits per heavy atom. The highest BCUT2D eigenvalue weighted by molar-refractivity contribution is 5.82. The first-order valence-electron chi connectivity index (χ1n) is 6.97.